The van der Waals surface area contributed by atoms with Crippen molar-refractivity contribution >= 4 is 46.7 Å². The van der Waals surface area contributed by atoms with E-state index in [4.69, 9.17) is 16.0 Å². The average Bonchev–Trinajstić information content (AvgIpc) is 3.56. The fraction of sp³-hybridized carbons (Fsp3) is 0.0385. The van der Waals surface area contributed by atoms with Gasteiger partial charge in [-0.3, -0.25) is 9.36 Å². The van der Waals surface area contributed by atoms with E-state index in [2.05, 4.69) is 15.5 Å². The summed E-state index contributed by atoms with van der Waals surface area (Å²) >= 11 is 8.87. The van der Waals surface area contributed by atoms with Crippen LogP contribution in [-0.2, 0) is 4.79 Å². The molecule has 0 bridgehead atoms. The lowest BCUT2D eigenvalue weighted by atomic mass is 10.3. The van der Waals surface area contributed by atoms with E-state index in [0.29, 0.717) is 21.8 Å². The lowest BCUT2D eigenvalue weighted by Gasteiger charge is -2.11. The highest BCUT2D eigenvalue weighted by Crippen LogP contribution is 2.34. The molecule has 35 heavy (non-hydrogen) atoms. The molecule has 0 aliphatic carbocycles. The van der Waals surface area contributed by atoms with Gasteiger partial charge in [0.1, 0.15) is 0 Å². The Bertz CT molecular complexity index is 1420. The van der Waals surface area contributed by atoms with Gasteiger partial charge in [0, 0.05) is 20.5 Å². The van der Waals surface area contributed by atoms with Crippen molar-refractivity contribution in [3.8, 4) is 17.3 Å². The molecule has 9 heteroatoms. The fourth-order valence-corrected chi connectivity index (χ4v) is 5.12. The summed E-state index contributed by atoms with van der Waals surface area (Å²) in [6.07, 6.45) is 1.60. The van der Waals surface area contributed by atoms with Gasteiger partial charge in [-0.15, -0.1) is 10.2 Å². The molecule has 3 aromatic carbocycles. The van der Waals surface area contributed by atoms with E-state index in [-0.39, 0.29) is 11.7 Å². The van der Waals surface area contributed by atoms with E-state index in [9.17, 15) is 4.79 Å². The molecule has 1 N–H and O–H groups in total. The summed E-state index contributed by atoms with van der Waals surface area (Å²) in [5, 5.41) is 13.0. The molecule has 0 fully saturated rings. The van der Waals surface area contributed by atoms with Crippen molar-refractivity contribution in [2.75, 3.05) is 11.1 Å². The number of rotatable bonds is 8. The molecule has 174 valence electrons. The van der Waals surface area contributed by atoms with Gasteiger partial charge in [-0.05, 0) is 60.7 Å². The predicted octanol–water partition coefficient (Wildman–Crippen LogP) is 7.06. The molecule has 0 saturated carbocycles. The normalized spacial score (nSPS) is 10.9. The third kappa shape index (κ3) is 5.62. The van der Waals surface area contributed by atoms with Gasteiger partial charge in [0.2, 0.25) is 11.7 Å². The van der Waals surface area contributed by atoms with Crippen LogP contribution in [-0.4, -0.2) is 26.4 Å². The summed E-state index contributed by atoms with van der Waals surface area (Å²) in [5.41, 5.74) is 1.63. The summed E-state index contributed by atoms with van der Waals surface area (Å²) in [5.74, 6) is 1.21. The quantitative estimate of drug-likeness (QED) is 0.222. The lowest BCUT2D eigenvalue weighted by molar-refractivity contribution is -0.113. The Kier molecular flexibility index (Phi) is 7.23. The summed E-state index contributed by atoms with van der Waals surface area (Å²) in [6.45, 7) is 0. The number of halogens is 1. The molecule has 6 nitrogen and oxygen atoms in total. The Morgan fingerprint density at radius 3 is 2.46 bits per heavy atom. The Morgan fingerprint density at radius 1 is 0.914 bits per heavy atom. The van der Waals surface area contributed by atoms with Gasteiger partial charge in [0.15, 0.2) is 10.9 Å². The molecule has 5 aromatic rings. The SMILES string of the molecule is O=C(CSc1nnc(-c2ccco2)n1-c1ccccc1)Nc1ccccc1Sc1ccc(Cl)cc1. The van der Waals surface area contributed by atoms with Crippen molar-refractivity contribution in [3.63, 3.8) is 0 Å². The van der Waals surface area contributed by atoms with Crippen molar-refractivity contribution in [2.45, 2.75) is 14.9 Å². The second kappa shape index (κ2) is 10.9. The maximum atomic E-state index is 12.9. The summed E-state index contributed by atoms with van der Waals surface area (Å²) in [6, 6.07) is 28.7. The van der Waals surface area contributed by atoms with Crippen molar-refractivity contribution in [2.24, 2.45) is 0 Å². The highest BCUT2D eigenvalue weighted by Gasteiger charge is 2.19. The van der Waals surface area contributed by atoms with E-state index >= 15 is 0 Å². The molecule has 0 aliphatic heterocycles. The molecule has 0 aliphatic rings. The number of furan rings is 1. The Hall–Kier alpha value is -3.46. The average molecular weight is 519 g/mol. The van der Waals surface area contributed by atoms with Gasteiger partial charge in [0.05, 0.1) is 17.7 Å². The fourth-order valence-electron chi connectivity index (χ4n) is 3.34. The minimum Gasteiger partial charge on any atom is -0.461 e. The Balaban J connectivity index is 1.32. The number of carbonyl (C=O) groups excluding carboxylic acids is 1. The first kappa shape index (κ1) is 23.3. The minimum absolute atomic E-state index is 0.138. The molecule has 0 spiro atoms. The number of hydrogen-bond donors (Lipinski definition) is 1. The minimum atomic E-state index is -0.138. The van der Waals surface area contributed by atoms with Crippen LogP contribution >= 0.6 is 35.1 Å². The number of amides is 1. The number of para-hydroxylation sites is 2. The standard InChI is InChI=1S/C26H19ClN4O2S2/c27-18-12-14-20(15-13-18)35-23-11-5-4-9-21(23)28-24(32)17-34-26-30-29-25(22-10-6-16-33-22)31(26)19-7-2-1-3-8-19/h1-16H,17H2,(H,28,32). The van der Waals surface area contributed by atoms with E-state index in [1.54, 1.807) is 24.1 Å². The van der Waals surface area contributed by atoms with Crippen LogP contribution < -0.4 is 5.32 Å². The maximum absolute atomic E-state index is 12.9. The number of hydrogen-bond acceptors (Lipinski definition) is 6. The monoisotopic (exact) mass is 518 g/mol. The van der Waals surface area contributed by atoms with Gasteiger partial charge < -0.3 is 9.73 Å². The molecule has 5 rings (SSSR count). The van der Waals surface area contributed by atoms with Gasteiger partial charge in [-0.2, -0.15) is 0 Å². The molecule has 2 heterocycles. The van der Waals surface area contributed by atoms with Gasteiger partial charge >= 0.3 is 0 Å². The molecular weight excluding hydrogens is 500 g/mol. The van der Waals surface area contributed by atoms with Crippen LogP contribution in [0.15, 0.2) is 117 Å². The smallest absolute Gasteiger partial charge is 0.234 e. The second-order valence-electron chi connectivity index (χ2n) is 7.34. The number of nitrogens with zero attached hydrogens (tertiary/aromatic N) is 3. The highest BCUT2D eigenvalue weighted by molar-refractivity contribution is 8.00. The highest BCUT2D eigenvalue weighted by atomic mass is 35.5. The zero-order chi connectivity index (χ0) is 24.0. The van der Waals surface area contributed by atoms with Crippen LogP contribution in [0.25, 0.3) is 17.3 Å². The van der Waals surface area contributed by atoms with Gasteiger partial charge in [0.25, 0.3) is 0 Å². The molecule has 0 unspecified atom stereocenters. The van der Waals surface area contributed by atoms with E-state index < -0.39 is 0 Å². The van der Waals surface area contributed by atoms with Gasteiger partial charge in [-0.25, -0.2) is 0 Å². The van der Waals surface area contributed by atoms with E-state index in [1.165, 1.54) is 11.8 Å². The second-order valence-corrected chi connectivity index (χ2v) is 9.84. The van der Waals surface area contributed by atoms with Crippen molar-refractivity contribution in [1.29, 1.82) is 0 Å². The van der Waals surface area contributed by atoms with Crippen molar-refractivity contribution in [1.82, 2.24) is 14.8 Å². The number of thioether (sulfide) groups is 1. The third-order valence-electron chi connectivity index (χ3n) is 4.92. The zero-order valence-corrected chi connectivity index (χ0v) is 20.7. The third-order valence-corrected chi connectivity index (χ3v) is 7.19. The molecule has 0 saturated heterocycles. The number of nitrogens with one attached hydrogen (secondary N) is 1. The maximum Gasteiger partial charge on any atom is 0.234 e. The first-order valence-electron chi connectivity index (χ1n) is 10.7. The van der Waals surface area contributed by atoms with Crippen LogP contribution in [0.3, 0.4) is 0 Å². The molecule has 0 atom stereocenters. The van der Waals surface area contributed by atoms with Gasteiger partial charge in [-0.1, -0.05) is 65.5 Å². The first-order chi connectivity index (χ1) is 17.2. The van der Waals surface area contributed by atoms with Crippen molar-refractivity contribution < 1.29 is 9.21 Å². The molecule has 0 radical (unpaired) electrons. The summed E-state index contributed by atoms with van der Waals surface area (Å²) < 4.78 is 7.44. The number of anilines is 1. The van der Waals surface area contributed by atoms with Crippen LogP contribution in [0.5, 0.6) is 0 Å². The van der Waals surface area contributed by atoms with E-state index in [1.807, 2.05) is 89.5 Å². The molecule has 1 amide bonds. The number of carbonyl (C=O) groups is 1. The zero-order valence-electron chi connectivity index (χ0n) is 18.3. The number of aromatic nitrogens is 3. The van der Waals surface area contributed by atoms with Crippen LogP contribution in [0.2, 0.25) is 5.02 Å². The Labute approximate surface area is 215 Å². The van der Waals surface area contributed by atoms with Crippen LogP contribution in [0.4, 0.5) is 5.69 Å². The molecular formula is C26H19ClN4O2S2. The van der Waals surface area contributed by atoms with E-state index in [0.717, 1.165) is 21.2 Å². The summed E-state index contributed by atoms with van der Waals surface area (Å²) in [7, 11) is 0. The summed E-state index contributed by atoms with van der Waals surface area (Å²) in [4.78, 5) is 14.9. The predicted molar refractivity (Wildman–Crippen MR) is 140 cm³/mol. The number of benzene rings is 3. The largest absolute Gasteiger partial charge is 0.461 e. The van der Waals surface area contributed by atoms with Crippen molar-refractivity contribution in [3.05, 3.63) is 102 Å². The molecule has 2 aromatic heterocycles. The van der Waals surface area contributed by atoms with Crippen LogP contribution in [0, 0.1) is 0 Å². The first-order valence-corrected chi connectivity index (χ1v) is 12.9. The van der Waals surface area contributed by atoms with Crippen LogP contribution in [0.1, 0.15) is 0 Å². The topological polar surface area (TPSA) is 73.0 Å². The lowest BCUT2D eigenvalue weighted by Crippen LogP contribution is -2.15. The Morgan fingerprint density at radius 2 is 1.69 bits per heavy atom.